The minimum atomic E-state index is -0.267. The molecule has 1 unspecified atom stereocenters. The Bertz CT molecular complexity index is 406. The summed E-state index contributed by atoms with van der Waals surface area (Å²) in [5.74, 6) is 0.0196. The molecule has 2 N–H and O–H groups in total. The Morgan fingerprint density at radius 2 is 2.29 bits per heavy atom. The molecule has 1 amide bonds. The third-order valence-electron chi connectivity index (χ3n) is 3.17. The van der Waals surface area contributed by atoms with Crippen molar-refractivity contribution in [3.05, 3.63) is 35.4 Å². The predicted molar refractivity (Wildman–Crippen MR) is 65.6 cm³/mol. The lowest BCUT2D eigenvalue weighted by Crippen LogP contribution is -2.43. The summed E-state index contributed by atoms with van der Waals surface area (Å²) in [4.78, 5) is 13.8. The first-order valence-corrected chi connectivity index (χ1v) is 5.91. The zero-order chi connectivity index (χ0) is 12.3. The molecule has 1 aromatic rings. The van der Waals surface area contributed by atoms with Crippen LogP contribution in [0.25, 0.3) is 0 Å². The van der Waals surface area contributed by atoms with Gasteiger partial charge in [0, 0.05) is 20.1 Å². The van der Waals surface area contributed by atoms with Gasteiger partial charge >= 0.3 is 0 Å². The molecule has 0 aromatic heterocycles. The highest BCUT2D eigenvalue weighted by Gasteiger charge is 2.27. The highest BCUT2D eigenvalue weighted by Crippen LogP contribution is 2.23. The minimum Gasteiger partial charge on any atom is -0.395 e. The molecule has 0 fully saturated rings. The summed E-state index contributed by atoms with van der Waals surface area (Å²) in [5.41, 5.74) is 2.30. The molecule has 92 valence electrons. The largest absolute Gasteiger partial charge is 0.395 e. The number of nitrogens with one attached hydrogen (secondary N) is 1. The smallest absolute Gasteiger partial charge is 0.244 e. The number of benzene rings is 1. The Hall–Kier alpha value is -1.39. The zero-order valence-corrected chi connectivity index (χ0v) is 10.0. The fourth-order valence-corrected chi connectivity index (χ4v) is 2.21. The number of likely N-dealkylation sites (N-methyl/N-ethyl adjacent to an activating group) is 1. The second kappa shape index (κ2) is 5.29. The summed E-state index contributed by atoms with van der Waals surface area (Å²) in [5, 5.41) is 12.1. The van der Waals surface area contributed by atoms with Gasteiger partial charge in [0.05, 0.1) is 6.61 Å². The second-order valence-corrected chi connectivity index (χ2v) is 4.32. The number of fused-ring (bicyclic) bond motifs is 1. The molecule has 1 aliphatic rings. The van der Waals surface area contributed by atoms with E-state index in [1.165, 1.54) is 5.56 Å². The Kier molecular flexibility index (Phi) is 3.76. The van der Waals surface area contributed by atoms with E-state index in [2.05, 4.69) is 11.4 Å². The van der Waals surface area contributed by atoms with E-state index in [0.717, 1.165) is 18.5 Å². The molecule has 0 aliphatic carbocycles. The molecule has 2 rings (SSSR count). The first-order valence-electron chi connectivity index (χ1n) is 5.91. The SMILES string of the molecule is CN(CCO)C(=O)C1NCCc2ccccc21. The summed E-state index contributed by atoms with van der Waals surface area (Å²) in [6.07, 6.45) is 0.962. The normalized spacial score (nSPS) is 18.6. The molecule has 1 aromatic carbocycles. The van der Waals surface area contributed by atoms with Crippen molar-refractivity contribution in [2.24, 2.45) is 0 Å². The third kappa shape index (κ3) is 2.48. The van der Waals surface area contributed by atoms with E-state index in [1.807, 2.05) is 18.2 Å². The fraction of sp³-hybridized carbons (Fsp3) is 0.462. The number of amides is 1. The quantitative estimate of drug-likeness (QED) is 0.792. The minimum absolute atomic E-state index is 0.00337. The van der Waals surface area contributed by atoms with Crippen LogP contribution in [-0.4, -0.2) is 42.7 Å². The van der Waals surface area contributed by atoms with Crippen molar-refractivity contribution < 1.29 is 9.90 Å². The van der Waals surface area contributed by atoms with Crippen LogP contribution in [0.4, 0.5) is 0 Å². The van der Waals surface area contributed by atoms with Gasteiger partial charge in [0.25, 0.3) is 0 Å². The summed E-state index contributed by atoms with van der Waals surface area (Å²) in [7, 11) is 1.72. The lowest BCUT2D eigenvalue weighted by Gasteiger charge is -2.29. The van der Waals surface area contributed by atoms with Crippen LogP contribution in [0.2, 0.25) is 0 Å². The lowest BCUT2D eigenvalue weighted by molar-refractivity contribution is -0.132. The average molecular weight is 234 g/mol. The molecule has 0 saturated heterocycles. The molecule has 17 heavy (non-hydrogen) atoms. The monoisotopic (exact) mass is 234 g/mol. The average Bonchev–Trinajstić information content (AvgIpc) is 2.37. The molecular weight excluding hydrogens is 216 g/mol. The van der Waals surface area contributed by atoms with E-state index in [9.17, 15) is 4.79 Å². The zero-order valence-electron chi connectivity index (χ0n) is 10.0. The van der Waals surface area contributed by atoms with Crippen LogP contribution in [0.1, 0.15) is 17.2 Å². The standard InChI is InChI=1S/C13H18N2O2/c1-15(8-9-16)13(17)12-11-5-3-2-4-10(11)6-7-14-12/h2-5,12,14,16H,6-9H2,1H3. The third-order valence-corrected chi connectivity index (χ3v) is 3.17. The van der Waals surface area contributed by atoms with E-state index in [-0.39, 0.29) is 18.6 Å². The van der Waals surface area contributed by atoms with Gasteiger partial charge in [0.2, 0.25) is 5.91 Å². The molecule has 1 aliphatic heterocycles. The maximum Gasteiger partial charge on any atom is 0.244 e. The predicted octanol–water partition coefficient (Wildman–Crippen LogP) is 0.324. The Balaban J connectivity index is 2.20. The van der Waals surface area contributed by atoms with Gasteiger partial charge in [0.1, 0.15) is 6.04 Å². The van der Waals surface area contributed by atoms with Crippen molar-refractivity contribution in [1.82, 2.24) is 10.2 Å². The topological polar surface area (TPSA) is 52.6 Å². The van der Waals surface area contributed by atoms with Crippen molar-refractivity contribution in [3.63, 3.8) is 0 Å². The molecule has 4 nitrogen and oxygen atoms in total. The van der Waals surface area contributed by atoms with E-state index >= 15 is 0 Å². The summed E-state index contributed by atoms with van der Waals surface area (Å²) >= 11 is 0. The van der Waals surface area contributed by atoms with Crippen molar-refractivity contribution in [3.8, 4) is 0 Å². The van der Waals surface area contributed by atoms with Gasteiger partial charge in [-0.15, -0.1) is 0 Å². The van der Waals surface area contributed by atoms with Crippen LogP contribution in [0.15, 0.2) is 24.3 Å². The molecule has 0 spiro atoms. The number of carbonyl (C=O) groups excluding carboxylic acids is 1. The molecule has 1 heterocycles. The van der Waals surface area contributed by atoms with E-state index < -0.39 is 0 Å². The van der Waals surface area contributed by atoms with Gasteiger partial charge in [-0.2, -0.15) is 0 Å². The first-order chi connectivity index (χ1) is 8.24. The maximum absolute atomic E-state index is 12.2. The number of aliphatic hydroxyl groups is 1. The molecule has 0 radical (unpaired) electrons. The Morgan fingerprint density at radius 1 is 1.53 bits per heavy atom. The lowest BCUT2D eigenvalue weighted by atomic mass is 9.93. The van der Waals surface area contributed by atoms with Gasteiger partial charge in [0.15, 0.2) is 0 Å². The van der Waals surface area contributed by atoms with Gasteiger partial charge in [-0.25, -0.2) is 0 Å². The van der Waals surface area contributed by atoms with Crippen LogP contribution >= 0.6 is 0 Å². The number of carbonyl (C=O) groups is 1. The Labute approximate surface area is 101 Å². The van der Waals surface area contributed by atoms with E-state index in [4.69, 9.17) is 5.11 Å². The highest BCUT2D eigenvalue weighted by molar-refractivity contribution is 5.83. The summed E-state index contributed by atoms with van der Waals surface area (Å²) in [6, 6.07) is 7.76. The number of hydrogen-bond acceptors (Lipinski definition) is 3. The van der Waals surface area contributed by atoms with Crippen LogP contribution in [0.5, 0.6) is 0 Å². The fourth-order valence-electron chi connectivity index (χ4n) is 2.21. The second-order valence-electron chi connectivity index (χ2n) is 4.32. The van der Waals surface area contributed by atoms with Crippen LogP contribution < -0.4 is 5.32 Å². The van der Waals surface area contributed by atoms with Gasteiger partial charge in [-0.1, -0.05) is 24.3 Å². The number of nitrogens with zero attached hydrogens (tertiary/aromatic N) is 1. The van der Waals surface area contributed by atoms with Crippen LogP contribution in [0.3, 0.4) is 0 Å². The molecular formula is C13H18N2O2. The molecule has 4 heteroatoms. The van der Waals surface area contributed by atoms with Gasteiger partial charge < -0.3 is 15.3 Å². The van der Waals surface area contributed by atoms with E-state index in [1.54, 1.807) is 11.9 Å². The van der Waals surface area contributed by atoms with Crippen molar-refractivity contribution in [2.45, 2.75) is 12.5 Å². The number of hydrogen-bond donors (Lipinski definition) is 2. The maximum atomic E-state index is 12.2. The number of rotatable bonds is 3. The van der Waals surface area contributed by atoms with Crippen molar-refractivity contribution in [2.75, 3.05) is 26.7 Å². The van der Waals surface area contributed by atoms with Crippen molar-refractivity contribution >= 4 is 5.91 Å². The van der Waals surface area contributed by atoms with Gasteiger partial charge in [-0.05, 0) is 17.5 Å². The molecule has 1 atom stereocenters. The van der Waals surface area contributed by atoms with Crippen molar-refractivity contribution in [1.29, 1.82) is 0 Å². The molecule has 0 saturated carbocycles. The number of aliphatic hydroxyl groups excluding tert-OH is 1. The Morgan fingerprint density at radius 3 is 3.06 bits per heavy atom. The first kappa shape index (κ1) is 12.1. The molecule has 0 bridgehead atoms. The van der Waals surface area contributed by atoms with E-state index in [0.29, 0.717) is 6.54 Å². The van der Waals surface area contributed by atoms with Crippen LogP contribution in [-0.2, 0) is 11.2 Å². The van der Waals surface area contributed by atoms with Crippen LogP contribution in [0, 0.1) is 0 Å². The summed E-state index contributed by atoms with van der Waals surface area (Å²) in [6.45, 7) is 1.19. The summed E-state index contributed by atoms with van der Waals surface area (Å²) < 4.78 is 0. The highest BCUT2D eigenvalue weighted by atomic mass is 16.3. The van der Waals surface area contributed by atoms with Gasteiger partial charge in [-0.3, -0.25) is 4.79 Å².